The zero-order chi connectivity index (χ0) is 8.81. The Morgan fingerprint density at radius 2 is 2.58 bits per heavy atom. The van der Waals surface area contributed by atoms with Gasteiger partial charge in [0.2, 0.25) is 0 Å². The standard InChI is InChI=1S/C10H13NO/c1-3-5-9(2)11-8-10-6-4-7-12-10/h1,4,6-7,9,11H,5,8H2,2H3. The van der Waals surface area contributed by atoms with E-state index in [9.17, 15) is 0 Å². The van der Waals surface area contributed by atoms with Crippen LogP contribution in [0, 0.1) is 12.3 Å². The minimum Gasteiger partial charge on any atom is -0.468 e. The van der Waals surface area contributed by atoms with Gasteiger partial charge in [0.1, 0.15) is 5.76 Å². The molecule has 12 heavy (non-hydrogen) atoms. The molecule has 2 heteroatoms. The van der Waals surface area contributed by atoms with Gasteiger partial charge in [0, 0.05) is 12.5 Å². The van der Waals surface area contributed by atoms with Crippen LogP contribution in [0.4, 0.5) is 0 Å². The van der Waals surface area contributed by atoms with Crippen LogP contribution in [0.25, 0.3) is 0 Å². The molecule has 2 nitrogen and oxygen atoms in total. The third-order valence-corrected chi connectivity index (χ3v) is 1.63. The molecule has 0 aromatic carbocycles. The van der Waals surface area contributed by atoms with Gasteiger partial charge in [0.05, 0.1) is 12.8 Å². The normalized spacial score (nSPS) is 12.3. The second-order valence-corrected chi connectivity index (χ2v) is 2.77. The van der Waals surface area contributed by atoms with E-state index in [4.69, 9.17) is 10.8 Å². The highest BCUT2D eigenvalue weighted by molar-refractivity contribution is 4.98. The maximum Gasteiger partial charge on any atom is 0.117 e. The van der Waals surface area contributed by atoms with E-state index in [0.29, 0.717) is 6.04 Å². The van der Waals surface area contributed by atoms with E-state index in [-0.39, 0.29) is 0 Å². The summed E-state index contributed by atoms with van der Waals surface area (Å²) in [5.41, 5.74) is 0. The molecule has 1 N–H and O–H groups in total. The highest BCUT2D eigenvalue weighted by Gasteiger charge is 1.99. The molecule has 0 radical (unpaired) electrons. The van der Waals surface area contributed by atoms with Crippen LogP contribution in [0.3, 0.4) is 0 Å². The van der Waals surface area contributed by atoms with Crippen molar-refractivity contribution in [3.05, 3.63) is 24.2 Å². The average Bonchev–Trinajstić information content (AvgIpc) is 2.53. The number of terminal acetylenes is 1. The fraction of sp³-hybridized carbons (Fsp3) is 0.400. The van der Waals surface area contributed by atoms with Gasteiger partial charge in [-0.2, -0.15) is 0 Å². The van der Waals surface area contributed by atoms with Gasteiger partial charge in [-0.1, -0.05) is 0 Å². The fourth-order valence-electron chi connectivity index (χ4n) is 0.937. The SMILES string of the molecule is C#CCC(C)NCc1ccco1. The molecule has 0 amide bonds. The lowest BCUT2D eigenvalue weighted by Gasteiger charge is -2.08. The molecule has 0 spiro atoms. The molecule has 1 heterocycles. The average molecular weight is 163 g/mol. The van der Waals surface area contributed by atoms with Crippen LogP contribution in [-0.4, -0.2) is 6.04 Å². The third kappa shape index (κ3) is 2.81. The van der Waals surface area contributed by atoms with Gasteiger partial charge in [-0.05, 0) is 19.1 Å². The van der Waals surface area contributed by atoms with Crippen LogP contribution < -0.4 is 5.32 Å². The number of hydrogen-bond acceptors (Lipinski definition) is 2. The van der Waals surface area contributed by atoms with Gasteiger partial charge < -0.3 is 9.73 Å². The lowest BCUT2D eigenvalue weighted by molar-refractivity contribution is 0.457. The van der Waals surface area contributed by atoms with Gasteiger partial charge >= 0.3 is 0 Å². The van der Waals surface area contributed by atoms with Gasteiger partial charge in [-0.3, -0.25) is 0 Å². The van der Waals surface area contributed by atoms with Crippen molar-refractivity contribution in [2.75, 3.05) is 0 Å². The summed E-state index contributed by atoms with van der Waals surface area (Å²) in [7, 11) is 0. The predicted molar refractivity (Wildman–Crippen MR) is 48.5 cm³/mol. The molecule has 0 aliphatic rings. The molecule has 64 valence electrons. The molecular formula is C10H13NO. The monoisotopic (exact) mass is 163 g/mol. The zero-order valence-electron chi connectivity index (χ0n) is 7.21. The molecular weight excluding hydrogens is 150 g/mol. The van der Waals surface area contributed by atoms with Crippen LogP contribution in [-0.2, 0) is 6.54 Å². The number of hydrogen-bond donors (Lipinski definition) is 1. The molecule has 1 rings (SSSR count). The Kier molecular flexibility index (Phi) is 3.43. The summed E-state index contributed by atoms with van der Waals surface area (Å²) in [5.74, 6) is 3.55. The predicted octanol–water partition coefficient (Wildman–Crippen LogP) is 1.78. The first kappa shape index (κ1) is 8.89. The highest BCUT2D eigenvalue weighted by atomic mass is 16.3. The summed E-state index contributed by atoms with van der Waals surface area (Å²) in [6.07, 6.45) is 7.59. The second-order valence-electron chi connectivity index (χ2n) is 2.77. The molecule has 0 fully saturated rings. The fourth-order valence-corrected chi connectivity index (χ4v) is 0.937. The molecule has 1 aromatic heterocycles. The third-order valence-electron chi connectivity index (χ3n) is 1.63. The first-order valence-corrected chi connectivity index (χ1v) is 4.02. The first-order valence-electron chi connectivity index (χ1n) is 4.02. The topological polar surface area (TPSA) is 25.2 Å². The van der Waals surface area contributed by atoms with Crippen LogP contribution in [0.2, 0.25) is 0 Å². The Morgan fingerprint density at radius 1 is 1.75 bits per heavy atom. The van der Waals surface area contributed by atoms with Crippen LogP contribution in [0.1, 0.15) is 19.1 Å². The summed E-state index contributed by atoms with van der Waals surface area (Å²) in [6, 6.07) is 4.17. The largest absolute Gasteiger partial charge is 0.468 e. The van der Waals surface area contributed by atoms with E-state index in [1.54, 1.807) is 6.26 Å². The summed E-state index contributed by atoms with van der Waals surface area (Å²) < 4.78 is 5.15. The van der Waals surface area contributed by atoms with E-state index < -0.39 is 0 Å². The van der Waals surface area contributed by atoms with Gasteiger partial charge in [-0.15, -0.1) is 12.3 Å². The Bertz CT molecular complexity index is 245. The second kappa shape index (κ2) is 4.63. The van der Waals surface area contributed by atoms with E-state index in [1.165, 1.54) is 0 Å². The Balaban J connectivity index is 2.23. The van der Waals surface area contributed by atoms with Crippen molar-refractivity contribution in [2.45, 2.75) is 25.9 Å². The van der Waals surface area contributed by atoms with Crippen molar-refractivity contribution in [1.82, 2.24) is 5.32 Å². The van der Waals surface area contributed by atoms with Crippen molar-refractivity contribution < 1.29 is 4.42 Å². The number of nitrogens with one attached hydrogen (secondary N) is 1. The van der Waals surface area contributed by atoms with Crippen molar-refractivity contribution in [3.63, 3.8) is 0 Å². The molecule has 0 aliphatic heterocycles. The molecule has 1 aromatic rings. The Labute approximate surface area is 73.0 Å². The molecule has 1 unspecified atom stereocenters. The van der Waals surface area contributed by atoms with E-state index in [1.807, 2.05) is 12.1 Å². The number of rotatable bonds is 4. The zero-order valence-corrected chi connectivity index (χ0v) is 7.21. The van der Waals surface area contributed by atoms with E-state index in [0.717, 1.165) is 18.7 Å². The van der Waals surface area contributed by atoms with E-state index in [2.05, 4.69) is 18.2 Å². The smallest absolute Gasteiger partial charge is 0.117 e. The van der Waals surface area contributed by atoms with Crippen molar-refractivity contribution in [1.29, 1.82) is 0 Å². The van der Waals surface area contributed by atoms with Gasteiger partial charge in [0.25, 0.3) is 0 Å². The minimum atomic E-state index is 0.347. The summed E-state index contributed by atoms with van der Waals surface area (Å²) >= 11 is 0. The Morgan fingerprint density at radius 3 is 3.17 bits per heavy atom. The van der Waals surface area contributed by atoms with Gasteiger partial charge in [0.15, 0.2) is 0 Å². The van der Waals surface area contributed by atoms with Crippen molar-refractivity contribution >= 4 is 0 Å². The van der Waals surface area contributed by atoms with Crippen LogP contribution in [0.15, 0.2) is 22.8 Å². The summed E-state index contributed by atoms with van der Waals surface area (Å²) in [5, 5.41) is 3.25. The first-order chi connectivity index (χ1) is 5.83. The van der Waals surface area contributed by atoms with Crippen molar-refractivity contribution in [2.24, 2.45) is 0 Å². The summed E-state index contributed by atoms with van der Waals surface area (Å²) in [4.78, 5) is 0. The quantitative estimate of drug-likeness (QED) is 0.684. The molecule has 0 saturated heterocycles. The highest BCUT2D eigenvalue weighted by Crippen LogP contribution is 1.99. The lowest BCUT2D eigenvalue weighted by atomic mass is 10.2. The molecule has 0 saturated carbocycles. The maximum atomic E-state index is 5.16. The maximum absolute atomic E-state index is 5.16. The number of furan rings is 1. The van der Waals surface area contributed by atoms with E-state index >= 15 is 0 Å². The Hall–Kier alpha value is -1.20. The van der Waals surface area contributed by atoms with Gasteiger partial charge in [-0.25, -0.2) is 0 Å². The molecule has 0 aliphatic carbocycles. The van der Waals surface area contributed by atoms with Crippen molar-refractivity contribution in [3.8, 4) is 12.3 Å². The van der Waals surface area contributed by atoms with Crippen LogP contribution in [0.5, 0.6) is 0 Å². The molecule has 1 atom stereocenters. The van der Waals surface area contributed by atoms with Crippen LogP contribution >= 0.6 is 0 Å². The lowest BCUT2D eigenvalue weighted by Crippen LogP contribution is -2.24. The molecule has 0 bridgehead atoms. The summed E-state index contributed by atoms with van der Waals surface area (Å²) in [6.45, 7) is 2.80. The minimum absolute atomic E-state index is 0.347.